The summed E-state index contributed by atoms with van der Waals surface area (Å²) in [4.78, 5) is 28.8. The van der Waals surface area contributed by atoms with E-state index < -0.39 is 17.9 Å². The summed E-state index contributed by atoms with van der Waals surface area (Å²) in [7, 11) is 0. The van der Waals surface area contributed by atoms with Crippen LogP contribution in [0.2, 0.25) is 0 Å². The summed E-state index contributed by atoms with van der Waals surface area (Å²) in [6.45, 7) is 1.77. The van der Waals surface area contributed by atoms with Gasteiger partial charge in [0.2, 0.25) is 0 Å². The number of aryl methyl sites for hydroxylation is 2. The zero-order valence-corrected chi connectivity index (χ0v) is 19.7. The van der Waals surface area contributed by atoms with Gasteiger partial charge in [-0.05, 0) is 55.9 Å². The number of aliphatic carboxylic acids is 1. The number of carbonyl (C=O) groups excluding carboxylic acids is 1. The molecule has 3 N–H and O–H groups in total. The predicted octanol–water partition coefficient (Wildman–Crippen LogP) is 3.24. The van der Waals surface area contributed by atoms with E-state index in [9.17, 15) is 14.7 Å². The van der Waals surface area contributed by atoms with E-state index in [1.165, 1.54) is 11.8 Å². The maximum absolute atomic E-state index is 12.5. The number of nitrogens with zero attached hydrogens (tertiary/aromatic N) is 3. The number of carboxylic acids is 1. The van der Waals surface area contributed by atoms with Gasteiger partial charge in [0.1, 0.15) is 11.9 Å². The fourth-order valence-electron chi connectivity index (χ4n) is 3.98. The number of fused-ring (bicyclic) bond motifs is 1. The van der Waals surface area contributed by atoms with Crippen molar-refractivity contribution in [3.05, 3.63) is 71.7 Å². The molecule has 1 aliphatic heterocycles. The second-order valence-corrected chi connectivity index (χ2v) is 8.57. The number of ether oxygens (including phenoxy) is 1. The van der Waals surface area contributed by atoms with Crippen molar-refractivity contribution in [3.8, 4) is 5.69 Å². The second kappa shape index (κ2) is 12.1. The lowest BCUT2D eigenvalue weighted by Gasteiger charge is -2.17. The van der Waals surface area contributed by atoms with E-state index >= 15 is 0 Å². The first-order valence-corrected chi connectivity index (χ1v) is 12.0. The molecule has 1 amide bonds. The largest absolute Gasteiger partial charge is 0.480 e. The number of amides is 1. The molecule has 2 aromatic heterocycles. The van der Waals surface area contributed by atoms with Crippen LogP contribution in [0.5, 0.6) is 0 Å². The van der Waals surface area contributed by atoms with E-state index in [1.807, 2.05) is 30.3 Å². The van der Waals surface area contributed by atoms with Gasteiger partial charge in [-0.1, -0.05) is 24.3 Å². The summed E-state index contributed by atoms with van der Waals surface area (Å²) in [5.74, 6) is -0.560. The lowest BCUT2D eigenvalue weighted by Crippen LogP contribution is -2.41. The summed E-state index contributed by atoms with van der Waals surface area (Å²) in [5, 5.41) is 19.6. The number of hydrogen-bond donors (Lipinski definition) is 3. The van der Waals surface area contributed by atoms with Crippen molar-refractivity contribution in [2.24, 2.45) is 0 Å². The highest BCUT2D eigenvalue weighted by molar-refractivity contribution is 5.96. The van der Waals surface area contributed by atoms with Gasteiger partial charge in [0.25, 0.3) is 5.91 Å². The van der Waals surface area contributed by atoms with Gasteiger partial charge < -0.3 is 20.5 Å². The fourth-order valence-corrected chi connectivity index (χ4v) is 3.98. The van der Waals surface area contributed by atoms with Gasteiger partial charge in [-0.2, -0.15) is 5.10 Å². The Morgan fingerprint density at radius 2 is 2.00 bits per heavy atom. The zero-order valence-electron chi connectivity index (χ0n) is 19.7. The first kappa shape index (κ1) is 24.4. The molecule has 184 valence electrons. The van der Waals surface area contributed by atoms with Crippen LogP contribution in [0.3, 0.4) is 0 Å². The molecular formula is C26H31N5O4. The number of anilines is 1. The van der Waals surface area contributed by atoms with Gasteiger partial charge in [-0.25, -0.2) is 14.5 Å². The number of para-hydroxylation sites is 1. The molecular weight excluding hydrogens is 446 g/mol. The number of carboxylic acid groups (broad SMARTS) is 1. The molecule has 0 spiro atoms. The molecule has 4 rings (SSSR count). The lowest BCUT2D eigenvalue weighted by atomic mass is 10.1. The minimum atomic E-state index is -1.09. The van der Waals surface area contributed by atoms with Gasteiger partial charge in [-0.15, -0.1) is 0 Å². The minimum absolute atomic E-state index is 0.186. The normalized spacial score (nSPS) is 13.5. The highest BCUT2D eigenvalue weighted by Crippen LogP contribution is 2.20. The van der Waals surface area contributed by atoms with Crippen LogP contribution in [-0.4, -0.2) is 57.5 Å². The smallest absolute Gasteiger partial charge is 0.326 e. The lowest BCUT2D eigenvalue weighted by molar-refractivity contribution is -0.139. The van der Waals surface area contributed by atoms with Gasteiger partial charge >= 0.3 is 5.97 Å². The molecule has 35 heavy (non-hydrogen) atoms. The van der Waals surface area contributed by atoms with Crippen LogP contribution >= 0.6 is 0 Å². The molecule has 1 aliphatic rings. The van der Waals surface area contributed by atoms with Crippen molar-refractivity contribution in [2.45, 2.75) is 44.6 Å². The third-order valence-corrected chi connectivity index (χ3v) is 5.94. The van der Waals surface area contributed by atoms with E-state index in [0.29, 0.717) is 12.2 Å². The van der Waals surface area contributed by atoms with Crippen LogP contribution in [-0.2, 0) is 22.4 Å². The van der Waals surface area contributed by atoms with E-state index in [4.69, 9.17) is 9.72 Å². The van der Waals surface area contributed by atoms with Crippen molar-refractivity contribution < 1.29 is 19.4 Å². The molecule has 1 atom stereocenters. The van der Waals surface area contributed by atoms with E-state index in [1.54, 1.807) is 10.9 Å². The average Bonchev–Trinajstić information content (AvgIpc) is 3.38. The van der Waals surface area contributed by atoms with Gasteiger partial charge in [0.15, 0.2) is 0 Å². The highest BCUT2D eigenvalue weighted by Gasteiger charge is 2.21. The Kier molecular flexibility index (Phi) is 8.45. The first-order valence-electron chi connectivity index (χ1n) is 12.0. The van der Waals surface area contributed by atoms with E-state index in [-0.39, 0.29) is 13.0 Å². The quantitative estimate of drug-likeness (QED) is 0.343. The van der Waals surface area contributed by atoms with Gasteiger partial charge in [0, 0.05) is 38.1 Å². The number of benzene rings is 1. The van der Waals surface area contributed by atoms with Crippen LogP contribution in [0.15, 0.2) is 54.9 Å². The molecule has 3 aromatic rings. The van der Waals surface area contributed by atoms with Crippen molar-refractivity contribution in [1.82, 2.24) is 20.1 Å². The molecule has 0 unspecified atom stereocenters. The zero-order chi connectivity index (χ0) is 24.5. The van der Waals surface area contributed by atoms with Crippen molar-refractivity contribution >= 4 is 17.7 Å². The SMILES string of the molecule is O=C(N[C@@H](CCOCCCCc1ccc2c(n1)NCCC2)C(=O)O)c1cnn(-c2ccccc2)c1. The van der Waals surface area contributed by atoms with Gasteiger partial charge in [0.05, 0.1) is 17.4 Å². The summed E-state index contributed by atoms with van der Waals surface area (Å²) in [6, 6.07) is 12.6. The third kappa shape index (κ3) is 6.89. The molecule has 3 heterocycles. The Bertz CT molecular complexity index is 1130. The van der Waals surface area contributed by atoms with Crippen molar-refractivity contribution in [2.75, 3.05) is 25.1 Å². The van der Waals surface area contributed by atoms with E-state index in [2.05, 4.69) is 27.9 Å². The Balaban J connectivity index is 1.15. The third-order valence-electron chi connectivity index (χ3n) is 5.94. The summed E-state index contributed by atoms with van der Waals surface area (Å²) < 4.78 is 7.20. The van der Waals surface area contributed by atoms with Crippen LogP contribution in [0, 0.1) is 0 Å². The molecule has 0 saturated heterocycles. The predicted molar refractivity (Wildman–Crippen MR) is 132 cm³/mol. The Morgan fingerprint density at radius 1 is 1.14 bits per heavy atom. The van der Waals surface area contributed by atoms with Crippen molar-refractivity contribution in [3.63, 3.8) is 0 Å². The summed E-state index contributed by atoms with van der Waals surface area (Å²) in [5.41, 5.74) is 3.47. The monoisotopic (exact) mass is 477 g/mol. The number of pyridine rings is 1. The van der Waals surface area contributed by atoms with Gasteiger partial charge in [-0.3, -0.25) is 4.79 Å². The number of hydrogen-bond acceptors (Lipinski definition) is 6. The van der Waals surface area contributed by atoms with Crippen LogP contribution in [0.1, 0.15) is 47.3 Å². The number of aromatic nitrogens is 3. The molecule has 9 nitrogen and oxygen atoms in total. The molecule has 0 aliphatic carbocycles. The maximum Gasteiger partial charge on any atom is 0.326 e. The van der Waals surface area contributed by atoms with Crippen LogP contribution in [0.4, 0.5) is 5.82 Å². The standard InChI is InChI=1S/C26H31N5O4/c32-25(20-17-28-31(18-20)22-9-2-1-3-10-22)30-23(26(33)34)13-16-35-15-5-4-8-21-12-11-19-7-6-14-27-24(19)29-21/h1-3,9-12,17-18,23H,4-8,13-16H2,(H,27,29)(H,30,32)(H,33,34)/t23-/m0/s1. The average molecular weight is 478 g/mol. The molecule has 1 aromatic carbocycles. The Hall–Kier alpha value is -3.72. The topological polar surface area (TPSA) is 118 Å². The van der Waals surface area contributed by atoms with Crippen LogP contribution < -0.4 is 10.6 Å². The second-order valence-electron chi connectivity index (χ2n) is 8.57. The number of carbonyl (C=O) groups is 2. The number of nitrogens with one attached hydrogen (secondary N) is 2. The Labute approximate surface area is 204 Å². The van der Waals surface area contributed by atoms with E-state index in [0.717, 1.165) is 55.8 Å². The van der Waals surface area contributed by atoms with Crippen LogP contribution in [0.25, 0.3) is 5.69 Å². The highest BCUT2D eigenvalue weighted by atomic mass is 16.5. The molecule has 0 radical (unpaired) electrons. The Morgan fingerprint density at radius 3 is 2.83 bits per heavy atom. The molecule has 9 heteroatoms. The summed E-state index contributed by atoms with van der Waals surface area (Å²) in [6.07, 6.45) is 8.09. The van der Waals surface area contributed by atoms with Crippen molar-refractivity contribution in [1.29, 1.82) is 0 Å². The fraction of sp³-hybridized carbons (Fsp3) is 0.385. The number of unbranched alkanes of at least 4 members (excludes halogenated alkanes) is 1. The summed E-state index contributed by atoms with van der Waals surface area (Å²) >= 11 is 0. The molecule has 0 bridgehead atoms. The molecule has 0 saturated carbocycles. The molecule has 0 fully saturated rings. The maximum atomic E-state index is 12.5. The minimum Gasteiger partial charge on any atom is -0.480 e. The number of rotatable bonds is 12. The first-order chi connectivity index (χ1) is 17.1.